The van der Waals surface area contributed by atoms with Crippen LogP contribution in [0.3, 0.4) is 0 Å². The molecule has 2 unspecified atom stereocenters. The van der Waals surface area contributed by atoms with Gasteiger partial charge in [0, 0.05) is 4.47 Å². The number of carbonyl (C=O) groups excluding carboxylic acids is 1. The maximum absolute atomic E-state index is 12.3. The van der Waals surface area contributed by atoms with Gasteiger partial charge in [0.05, 0.1) is 11.6 Å². The first-order chi connectivity index (χ1) is 9.18. The van der Waals surface area contributed by atoms with Crippen LogP contribution in [0.25, 0.3) is 0 Å². The first-order valence-corrected chi connectivity index (χ1v) is 8.07. The third-order valence-corrected chi connectivity index (χ3v) is 5.49. The molecule has 102 valence electrons. The summed E-state index contributed by atoms with van der Waals surface area (Å²) < 4.78 is 0.997. The molecule has 1 aliphatic carbocycles. The third kappa shape index (κ3) is 2.33. The standard InChI is InChI=1S/C16H20BrNO/c1-10(11-6-3-2-4-7-11)14-12-8-5-9-13(17)15(12)18-16(14)19/h5,8-11,14H,2-4,6-7H2,1H3,(H,18,19). The van der Waals surface area contributed by atoms with E-state index in [9.17, 15) is 4.79 Å². The number of hydrogen-bond acceptors (Lipinski definition) is 1. The molecule has 1 N–H and O–H groups in total. The van der Waals surface area contributed by atoms with Crippen molar-refractivity contribution in [1.82, 2.24) is 0 Å². The van der Waals surface area contributed by atoms with Gasteiger partial charge in [0.25, 0.3) is 0 Å². The van der Waals surface area contributed by atoms with Gasteiger partial charge in [-0.1, -0.05) is 51.2 Å². The molecule has 0 saturated heterocycles. The molecule has 1 aliphatic heterocycles. The number of anilines is 1. The highest BCUT2D eigenvalue weighted by Gasteiger charge is 2.38. The Morgan fingerprint density at radius 2 is 2.00 bits per heavy atom. The molecule has 0 aromatic heterocycles. The van der Waals surface area contributed by atoms with Crippen LogP contribution in [-0.2, 0) is 4.79 Å². The molecule has 0 bridgehead atoms. The summed E-state index contributed by atoms with van der Waals surface area (Å²) in [5, 5.41) is 3.05. The molecule has 2 nitrogen and oxygen atoms in total. The molecule has 2 atom stereocenters. The molecule has 1 aromatic rings. The molecule has 3 heteroatoms. The molecule has 19 heavy (non-hydrogen) atoms. The van der Waals surface area contributed by atoms with Gasteiger partial charge in [0.15, 0.2) is 0 Å². The average molecular weight is 322 g/mol. The second-order valence-corrected chi connectivity index (χ2v) is 6.78. The summed E-state index contributed by atoms with van der Waals surface area (Å²) in [5.41, 5.74) is 2.16. The van der Waals surface area contributed by atoms with Crippen LogP contribution < -0.4 is 5.32 Å². The predicted octanol–water partition coefficient (Wildman–Crippen LogP) is 4.70. The van der Waals surface area contributed by atoms with Gasteiger partial charge in [0.1, 0.15) is 0 Å². The van der Waals surface area contributed by atoms with E-state index < -0.39 is 0 Å². The van der Waals surface area contributed by atoms with Crippen molar-refractivity contribution in [3.8, 4) is 0 Å². The molecule has 2 aliphatic rings. The summed E-state index contributed by atoms with van der Waals surface area (Å²) in [5.74, 6) is 1.36. The fourth-order valence-corrected chi connectivity index (χ4v) is 4.21. The zero-order chi connectivity index (χ0) is 13.4. The second kappa shape index (κ2) is 5.28. The Hall–Kier alpha value is -0.830. The van der Waals surface area contributed by atoms with E-state index in [4.69, 9.17) is 0 Å². The first kappa shape index (κ1) is 13.2. The SMILES string of the molecule is CC(C1CCCCC1)C1C(=O)Nc2c(Br)cccc21. The average Bonchev–Trinajstić information content (AvgIpc) is 2.77. The molecule has 1 aromatic carbocycles. The number of nitrogens with one attached hydrogen (secondary N) is 1. The Bertz CT molecular complexity index is 494. The summed E-state index contributed by atoms with van der Waals surface area (Å²) in [6.45, 7) is 2.26. The van der Waals surface area contributed by atoms with E-state index >= 15 is 0 Å². The lowest BCUT2D eigenvalue weighted by Crippen LogP contribution is -2.26. The van der Waals surface area contributed by atoms with Gasteiger partial charge in [-0.25, -0.2) is 0 Å². The van der Waals surface area contributed by atoms with Gasteiger partial charge in [-0.3, -0.25) is 4.79 Å². The molecular formula is C16H20BrNO. The lowest BCUT2D eigenvalue weighted by molar-refractivity contribution is -0.118. The van der Waals surface area contributed by atoms with E-state index in [1.807, 2.05) is 12.1 Å². The molecule has 1 fully saturated rings. The molecular weight excluding hydrogens is 302 g/mol. The molecule has 1 amide bonds. The highest BCUT2D eigenvalue weighted by Crippen LogP contribution is 2.45. The molecule has 0 spiro atoms. The minimum atomic E-state index is 0.0376. The highest BCUT2D eigenvalue weighted by molar-refractivity contribution is 9.10. The molecule has 0 radical (unpaired) electrons. The Balaban J connectivity index is 1.89. The number of benzene rings is 1. The van der Waals surface area contributed by atoms with E-state index in [0.29, 0.717) is 11.8 Å². The minimum Gasteiger partial charge on any atom is -0.324 e. The maximum atomic E-state index is 12.3. The van der Waals surface area contributed by atoms with Crippen LogP contribution in [-0.4, -0.2) is 5.91 Å². The van der Waals surface area contributed by atoms with Gasteiger partial charge in [0.2, 0.25) is 5.91 Å². The predicted molar refractivity (Wildman–Crippen MR) is 81.3 cm³/mol. The molecule has 1 heterocycles. The van der Waals surface area contributed by atoms with Crippen molar-refractivity contribution in [2.24, 2.45) is 11.8 Å². The van der Waals surface area contributed by atoms with Crippen LogP contribution in [0.4, 0.5) is 5.69 Å². The van der Waals surface area contributed by atoms with Crippen LogP contribution in [0.5, 0.6) is 0 Å². The summed E-state index contributed by atoms with van der Waals surface area (Å²) in [7, 11) is 0. The summed E-state index contributed by atoms with van der Waals surface area (Å²) >= 11 is 3.53. The zero-order valence-electron chi connectivity index (χ0n) is 11.3. The van der Waals surface area contributed by atoms with E-state index in [0.717, 1.165) is 10.2 Å². The Labute approximate surface area is 123 Å². The Kier molecular flexibility index (Phi) is 3.66. The summed E-state index contributed by atoms with van der Waals surface area (Å²) in [6.07, 6.45) is 6.59. The zero-order valence-corrected chi connectivity index (χ0v) is 12.9. The van der Waals surface area contributed by atoms with Crippen LogP contribution in [0.15, 0.2) is 22.7 Å². The number of halogens is 1. The Morgan fingerprint density at radius 1 is 1.26 bits per heavy atom. The smallest absolute Gasteiger partial charge is 0.232 e. The number of carbonyl (C=O) groups is 1. The number of hydrogen-bond donors (Lipinski definition) is 1. The van der Waals surface area contributed by atoms with E-state index in [1.165, 1.54) is 37.7 Å². The lowest BCUT2D eigenvalue weighted by Gasteiger charge is -2.30. The van der Waals surface area contributed by atoms with Crippen LogP contribution >= 0.6 is 15.9 Å². The fraction of sp³-hybridized carbons (Fsp3) is 0.562. The van der Waals surface area contributed by atoms with Gasteiger partial charge in [-0.2, -0.15) is 0 Å². The van der Waals surface area contributed by atoms with Crippen molar-refractivity contribution in [1.29, 1.82) is 0 Å². The minimum absolute atomic E-state index is 0.0376. The van der Waals surface area contributed by atoms with Crippen molar-refractivity contribution in [3.05, 3.63) is 28.2 Å². The van der Waals surface area contributed by atoms with Crippen molar-refractivity contribution in [2.45, 2.75) is 44.9 Å². The fourth-order valence-electron chi connectivity index (χ4n) is 3.73. The van der Waals surface area contributed by atoms with Crippen molar-refractivity contribution >= 4 is 27.5 Å². The van der Waals surface area contributed by atoms with E-state index in [1.54, 1.807) is 0 Å². The molecule has 1 saturated carbocycles. The van der Waals surface area contributed by atoms with Crippen LogP contribution in [0.2, 0.25) is 0 Å². The van der Waals surface area contributed by atoms with Gasteiger partial charge >= 0.3 is 0 Å². The summed E-state index contributed by atoms with van der Waals surface area (Å²) in [6, 6.07) is 6.12. The summed E-state index contributed by atoms with van der Waals surface area (Å²) in [4.78, 5) is 12.3. The van der Waals surface area contributed by atoms with Gasteiger partial charge in [-0.15, -0.1) is 0 Å². The second-order valence-electron chi connectivity index (χ2n) is 5.93. The van der Waals surface area contributed by atoms with Crippen molar-refractivity contribution in [3.63, 3.8) is 0 Å². The maximum Gasteiger partial charge on any atom is 0.232 e. The first-order valence-electron chi connectivity index (χ1n) is 7.27. The van der Waals surface area contributed by atoms with E-state index in [2.05, 4.69) is 34.2 Å². The number of amides is 1. The van der Waals surface area contributed by atoms with Crippen molar-refractivity contribution in [2.75, 3.05) is 5.32 Å². The van der Waals surface area contributed by atoms with E-state index in [-0.39, 0.29) is 11.8 Å². The van der Waals surface area contributed by atoms with Crippen molar-refractivity contribution < 1.29 is 4.79 Å². The number of rotatable bonds is 2. The highest BCUT2D eigenvalue weighted by atomic mass is 79.9. The quantitative estimate of drug-likeness (QED) is 0.840. The topological polar surface area (TPSA) is 29.1 Å². The monoisotopic (exact) mass is 321 g/mol. The van der Waals surface area contributed by atoms with Gasteiger partial charge < -0.3 is 5.32 Å². The third-order valence-electron chi connectivity index (χ3n) is 4.83. The normalized spacial score (nSPS) is 24.9. The molecule has 3 rings (SSSR count). The number of para-hydroxylation sites is 1. The Morgan fingerprint density at radius 3 is 2.74 bits per heavy atom. The van der Waals surface area contributed by atoms with Crippen LogP contribution in [0.1, 0.15) is 50.5 Å². The lowest BCUT2D eigenvalue weighted by atomic mass is 9.73. The largest absolute Gasteiger partial charge is 0.324 e. The number of fused-ring (bicyclic) bond motifs is 1. The van der Waals surface area contributed by atoms with Crippen LogP contribution in [0, 0.1) is 11.8 Å². The van der Waals surface area contributed by atoms with Gasteiger partial charge in [-0.05, 0) is 39.4 Å².